The summed E-state index contributed by atoms with van der Waals surface area (Å²) in [6.07, 6.45) is 3.64. The Morgan fingerprint density at radius 3 is 2.74 bits per heavy atom. The molecule has 0 spiro atoms. The molecule has 1 saturated carbocycles. The Balaban J connectivity index is 2.15. The lowest BCUT2D eigenvalue weighted by molar-refractivity contribution is -0.384. The van der Waals surface area contributed by atoms with Crippen molar-refractivity contribution in [1.29, 1.82) is 0 Å². The summed E-state index contributed by atoms with van der Waals surface area (Å²) in [7, 11) is 1.70. The van der Waals surface area contributed by atoms with Crippen molar-refractivity contribution in [2.75, 3.05) is 18.9 Å². The predicted octanol–water partition coefficient (Wildman–Crippen LogP) is 3.01. The van der Waals surface area contributed by atoms with Crippen LogP contribution in [0.4, 0.5) is 11.4 Å². The molecule has 5 nitrogen and oxygen atoms in total. The molecule has 0 radical (unpaired) electrons. The number of nitro groups is 1. The molecule has 1 aromatic rings. The standard InChI is InChI=1S/C14H21N3O2/c1-3-8-16(12-5-6-12)10-11-4-7-13(15-2)14(9-11)17(18)19/h4,7,9,12,15H,3,5-6,8,10H2,1-2H3. The zero-order chi connectivity index (χ0) is 13.8. The molecule has 0 unspecified atom stereocenters. The van der Waals surface area contributed by atoms with E-state index in [1.54, 1.807) is 19.2 Å². The molecule has 1 fully saturated rings. The number of hydrogen-bond donors (Lipinski definition) is 1. The summed E-state index contributed by atoms with van der Waals surface area (Å²) in [4.78, 5) is 13.1. The first kappa shape index (κ1) is 13.8. The van der Waals surface area contributed by atoms with Crippen molar-refractivity contribution in [3.8, 4) is 0 Å². The second kappa shape index (κ2) is 6.02. The van der Waals surface area contributed by atoms with E-state index < -0.39 is 0 Å². The van der Waals surface area contributed by atoms with Crippen molar-refractivity contribution in [3.05, 3.63) is 33.9 Å². The van der Waals surface area contributed by atoms with Crippen LogP contribution in [-0.4, -0.2) is 29.5 Å². The van der Waals surface area contributed by atoms with E-state index in [1.165, 1.54) is 12.8 Å². The monoisotopic (exact) mass is 263 g/mol. The molecule has 0 saturated heterocycles. The third kappa shape index (κ3) is 3.44. The smallest absolute Gasteiger partial charge is 0.292 e. The summed E-state index contributed by atoms with van der Waals surface area (Å²) in [6.45, 7) is 4.04. The van der Waals surface area contributed by atoms with Crippen molar-refractivity contribution in [2.24, 2.45) is 0 Å². The van der Waals surface area contributed by atoms with Crippen LogP contribution in [0.2, 0.25) is 0 Å². The molecule has 2 rings (SSSR count). The highest BCUT2D eigenvalue weighted by molar-refractivity contribution is 5.62. The van der Waals surface area contributed by atoms with Gasteiger partial charge in [-0.2, -0.15) is 0 Å². The number of nitro benzene ring substituents is 1. The van der Waals surface area contributed by atoms with Gasteiger partial charge >= 0.3 is 0 Å². The molecule has 1 N–H and O–H groups in total. The Morgan fingerprint density at radius 1 is 1.47 bits per heavy atom. The predicted molar refractivity (Wildman–Crippen MR) is 76.4 cm³/mol. The minimum absolute atomic E-state index is 0.159. The van der Waals surface area contributed by atoms with Crippen molar-refractivity contribution < 1.29 is 4.92 Å². The summed E-state index contributed by atoms with van der Waals surface area (Å²) in [5.41, 5.74) is 1.75. The lowest BCUT2D eigenvalue weighted by atomic mass is 10.1. The van der Waals surface area contributed by atoms with Crippen LogP contribution in [0.1, 0.15) is 31.7 Å². The maximum atomic E-state index is 11.0. The Kier molecular flexibility index (Phi) is 4.37. The van der Waals surface area contributed by atoms with Crippen LogP contribution in [0, 0.1) is 10.1 Å². The van der Waals surface area contributed by atoms with Crippen molar-refractivity contribution in [3.63, 3.8) is 0 Å². The zero-order valence-electron chi connectivity index (χ0n) is 11.6. The van der Waals surface area contributed by atoms with Crippen LogP contribution < -0.4 is 5.32 Å². The summed E-state index contributed by atoms with van der Waals surface area (Å²) in [5, 5.41) is 13.9. The number of anilines is 1. The number of hydrogen-bond acceptors (Lipinski definition) is 4. The molecule has 0 amide bonds. The Bertz CT molecular complexity index is 458. The van der Waals surface area contributed by atoms with Gasteiger partial charge in [-0.15, -0.1) is 0 Å². The van der Waals surface area contributed by atoms with Gasteiger partial charge in [0.15, 0.2) is 0 Å². The van der Waals surface area contributed by atoms with Gasteiger partial charge in [0, 0.05) is 25.7 Å². The fraction of sp³-hybridized carbons (Fsp3) is 0.571. The Morgan fingerprint density at radius 2 is 2.21 bits per heavy atom. The molecule has 1 aromatic carbocycles. The van der Waals surface area contributed by atoms with Crippen molar-refractivity contribution in [1.82, 2.24) is 4.90 Å². The second-order valence-electron chi connectivity index (χ2n) is 5.06. The normalized spacial score (nSPS) is 14.7. The first-order valence-corrected chi connectivity index (χ1v) is 6.84. The van der Waals surface area contributed by atoms with Crippen LogP contribution >= 0.6 is 0 Å². The molecule has 0 atom stereocenters. The summed E-state index contributed by atoms with van der Waals surface area (Å²) >= 11 is 0. The van der Waals surface area contributed by atoms with E-state index in [0.29, 0.717) is 11.7 Å². The van der Waals surface area contributed by atoms with Crippen molar-refractivity contribution in [2.45, 2.75) is 38.8 Å². The molecular weight excluding hydrogens is 242 g/mol. The molecule has 0 aliphatic heterocycles. The van der Waals surface area contributed by atoms with E-state index in [4.69, 9.17) is 0 Å². The lowest BCUT2D eigenvalue weighted by Crippen LogP contribution is -2.26. The summed E-state index contributed by atoms with van der Waals surface area (Å²) in [6, 6.07) is 6.15. The van der Waals surface area contributed by atoms with Crippen LogP contribution in [0.15, 0.2) is 18.2 Å². The number of nitrogens with zero attached hydrogens (tertiary/aromatic N) is 2. The van der Waals surface area contributed by atoms with E-state index in [1.807, 2.05) is 6.07 Å². The van der Waals surface area contributed by atoms with Gasteiger partial charge in [-0.05, 0) is 37.4 Å². The third-order valence-electron chi connectivity index (χ3n) is 3.49. The molecule has 1 aliphatic rings. The van der Waals surface area contributed by atoms with Gasteiger partial charge in [-0.1, -0.05) is 13.0 Å². The lowest BCUT2D eigenvalue weighted by Gasteiger charge is -2.21. The number of benzene rings is 1. The number of rotatable bonds is 7. The molecule has 19 heavy (non-hydrogen) atoms. The van der Waals surface area contributed by atoms with Gasteiger partial charge in [0.05, 0.1) is 4.92 Å². The van der Waals surface area contributed by atoms with Gasteiger partial charge in [-0.3, -0.25) is 15.0 Å². The Hall–Kier alpha value is -1.62. The van der Waals surface area contributed by atoms with Crippen molar-refractivity contribution >= 4 is 11.4 Å². The highest BCUT2D eigenvalue weighted by Crippen LogP contribution is 2.30. The fourth-order valence-corrected chi connectivity index (χ4v) is 2.39. The molecule has 5 heteroatoms. The van der Waals surface area contributed by atoms with E-state index in [9.17, 15) is 10.1 Å². The molecule has 0 heterocycles. The van der Waals surface area contributed by atoms with Crippen LogP contribution in [0.3, 0.4) is 0 Å². The zero-order valence-corrected chi connectivity index (χ0v) is 11.6. The second-order valence-corrected chi connectivity index (χ2v) is 5.06. The van der Waals surface area contributed by atoms with E-state index in [-0.39, 0.29) is 10.6 Å². The molecular formula is C14H21N3O2. The highest BCUT2D eigenvalue weighted by Gasteiger charge is 2.28. The first-order chi connectivity index (χ1) is 9.15. The SMILES string of the molecule is CCCN(Cc1ccc(NC)c([N+](=O)[O-])c1)C1CC1. The highest BCUT2D eigenvalue weighted by atomic mass is 16.6. The maximum absolute atomic E-state index is 11.0. The van der Waals surface area contributed by atoms with Gasteiger partial charge in [0.25, 0.3) is 5.69 Å². The molecule has 0 bridgehead atoms. The van der Waals surface area contributed by atoms with Crippen LogP contribution in [0.5, 0.6) is 0 Å². The summed E-state index contributed by atoms with van der Waals surface area (Å²) < 4.78 is 0. The van der Waals surface area contributed by atoms with E-state index >= 15 is 0 Å². The van der Waals surface area contributed by atoms with Gasteiger partial charge in [0.2, 0.25) is 0 Å². The minimum Gasteiger partial charge on any atom is -0.383 e. The van der Waals surface area contributed by atoms with E-state index in [2.05, 4.69) is 17.1 Å². The minimum atomic E-state index is -0.323. The average molecular weight is 263 g/mol. The van der Waals surface area contributed by atoms with Gasteiger partial charge < -0.3 is 5.32 Å². The topological polar surface area (TPSA) is 58.4 Å². The van der Waals surface area contributed by atoms with Crippen LogP contribution in [-0.2, 0) is 6.54 Å². The van der Waals surface area contributed by atoms with Gasteiger partial charge in [-0.25, -0.2) is 0 Å². The van der Waals surface area contributed by atoms with Gasteiger partial charge in [0.1, 0.15) is 5.69 Å². The Labute approximate surface area is 113 Å². The average Bonchev–Trinajstić information content (AvgIpc) is 3.22. The molecule has 0 aromatic heterocycles. The van der Waals surface area contributed by atoms with Crippen LogP contribution in [0.25, 0.3) is 0 Å². The first-order valence-electron chi connectivity index (χ1n) is 6.84. The van der Waals surface area contributed by atoms with E-state index in [0.717, 1.165) is 25.1 Å². The maximum Gasteiger partial charge on any atom is 0.292 e. The third-order valence-corrected chi connectivity index (χ3v) is 3.49. The largest absolute Gasteiger partial charge is 0.383 e. The molecule has 1 aliphatic carbocycles. The summed E-state index contributed by atoms with van der Waals surface area (Å²) in [5.74, 6) is 0. The molecule has 104 valence electrons. The number of nitrogens with one attached hydrogen (secondary N) is 1. The quantitative estimate of drug-likeness (QED) is 0.607. The fourth-order valence-electron chi connectivity index (χ4n) is 2.39.